The minimum atomic E-state index is 0.285. The van der Waals surface area contributed by atoms with Crippen LogP contribution in [0.5, 0.6) is 5.75 Å². The molecular weight excluding hydrogens is 312 g/mol. The maximum absolute atomic E-state index is 5.66. The zero-order valence-electron chi connectivity index (χ0n) is 10.3. The molecule has 3 nitrogen and oxygen atoms in total. The average Bonchev–Trinajstić information content (AvgIpc) is 2.87. The third-order valence-corrected chi connectivity index (χ3v) is 4.16. The predicted octanol–water partition coefficient (Wildman–Crippen LogP) is 3.64. The number of ether oxygens (including phenoxy) is 1. The van der Waals surface area contributed by atoms with Crippen molar-refractivity contribution in [2.75, 3.05) is 13.7 Å². The summed E-state index contributed by atoms with van der Waals surface area (Å²) in [4.78, 5) is 4.64. The Morgan fingerprint density at radius 2 is 2.28 bits per heavy atom. The van der Waals surface area contributed by atoms with E-state index in [1.165, 1.54) is 0 Å². The Bertz CT molecular complexity index is 542. The van der Waals surface area contributed by atoms with E-state index in [4.69, 9.17) is 10.5 Å². The number of halogens is 1. The number of nitrogens with two attached hydrogens (primary N) is 1. The summed E-state index contributed by atoms with van der Waals surface area (Å²) in [5, 5.41) is 3.02. The molecule has 0 saturated heterocycles. The van der Waals surface area contributed by atoms with E-state index in [1.807, 2.05) is 18.2 Å². The molecule has 1 unspecified atom stereocenters. The number of nitrogens with zero attached hydrogens (tertiary/aromatic N) is 1. The van der Waals surface area contributed by atoms with E-state index in [0.717, 1.165) is 26.5 Å². The second kappa shape index (κ2) is 5.82. The highest BCUT2D eigenvalue weighted by Crippen LogP contribution is 2.35. The Kier molecular flexibility index (Phi) is 4.37. The SMILES string of the molecule is COc1ccc(Br)cc1-c1nc(C(C)CN)cs1. The van der Waals surface area contributed by atoms with Gasteiger partial charge in [0.2, 0.25) is 0 Å². The van der Waals surface area contributed by atoms with Gasteiger partial charge in [0, 0.05) is 22.3 Å². The third-order valence-electron chi connectivity index (χ3n) is 2.77. The van der Waals surface area contributed by atoms with Crippen molar-refractivity contribution in [2.45, 2.75) is 12.8 Å². The minimum Gasteiger partial charge on any atom is -0.496 e. The Balaban J connectivity index is 2.42. The van der Waals surface area contributed by atoms with Crippen LogP contribution in [-0.4, -0.2) is 18.6 Å². The fraction of sp³-hybridized carbons (Fsp3) is 0.308. The molecule has 0 bridgehead atoms. The summed E-state index contributed by atoms with van der Waals surface area (Å²) in [6.45, 7) is 2.69. The summed E-state index contributed by atoms with van der Waals surface area (Å²) in [6, 6.07) is 5.92. The van der Waals surface area contributed by atoms with E-state index in [9.17, 15) is 0 Å². The highest BCUT2D eigenvalue weighted by Gasteiger charge is 2.13. The van der Waals surface area contributed by atoms with Crippen molar-refractivity contribution < 1.29 is 4.74 Å². The monoisotopic (exact) mass is 326 g/mol. The first kappa shape index (κ1) is 13.5. The molecule has 0 saturated carbocycles. The van der Waals surface area contributed by atoms with Crippen LogP contribution >= 0.6 is 27.3 Å². The van der Waals surface area contributed by atoms with Crippen molar-refractivity contribution >= 4 is 27.3 Å². The summed E-state index contributed by atoms with van der Waals surface area (Å²) >= 11 is 5.09. The van der Waals surface area contributed by atoms with Gasteiger partial charge in [-0.15, -0.1) is 11.3 Å². The van der Waals surface area contributed by atoms with Gasteiger partial charge in [-0.1, -0.05) is 22.9 Å². The fourth-order valence-corrected chi connectivity index (χ4v) is 2.93. The average molecular weight is 327 g/mol. The Morgan fingerprint density at radius 3 is 2.94 bits per heavy atom. The molecule has 5 heteroatoms. The molecule has 0 aliphatic rings. The van der Waals surface area contributed by atoms with Crippen LogP contribution in [0.25, 0.3) is 10.6 Å². The van der Waals surface area contributed by atoms with Crippen LogP contribution in [0.2, 0.25) is 0 Å². The van der Waals surface area contributed by atoms with Gasteiger partial charge in [0.15, 0.2) is 0 Å². The second-order valence-electron chi connectivity index (χ2n) is 4.06. The lowest BCUT2D eigenvalue weighted by Gasteiger charge is -2.07. The molecule has 1 aromatic heterocycles. The Morgan fingerprint density at radius 1 is 1.50 bits per heavy atom. The maximum Gasteiger partial charge on any atom is 0.129 e. The third kappa shape index (κ3) is 2.74. The second-order valence-corrected chi connectivity index (χ2v) is 5.83. The van der Waals surface area contributed by atoms with Gasteiger partial charge in [-0.05, 0) is 18.2 Å². The van der Waals surface area contributed by atoms with Crippen LogP contribution < -0.4 is 10.5 Å². The van der Waals surface area contributed by atoms with Crippen LogP contribution in [0.1, 0.15) is 18.5 Å². The zero-order valence-corrected chi connectivity index (χ0v) is 12.7. The largest absolute Gasteiger partial charge is 0.496 e. The van der Waals surface area contributed by atoms with Crippen molar-refractivity contribution in [1.82, 2.24) is 4.98 Å². The predicted molar refractivity (Wildman–Crippen MR) is 79.3 cm³/mol. The molecule has 0 aliphatic carbocycles. The molecule has 0 radical (unpaired) electrons. The first-order valence-electron chi connectivity index (χ1n) is 5.65. The van der Waals surface area contributed by atoms with Crippen molar-refractivity contribution in [1.29, 1.82) is 0 Å². The summed E-state index contributed by atoms with van der Waals surface area (Å²) in [7, 11) is 1.67. The smallest absolute Gasteiger partial charge is 0.129 e. The molecule has 1 atom stereocenters. The minimum absolute atomic E-state index is 0.285. The topological polar surface area (TPSA) is 48.1 Å². The molecule has 0 aliphatic heterocycles. The van der Waals surface area contributed by atoms with E-state index >= 15 is 0 Å². The quantitative estimate of drug-likeness (QED) is 0.933. The highest BCUT2D eigenvalue weighted by molar-refractivity contribution is 9.10. The number of hydrogen-bond donors (Lipinski definition) is 1. The van der Waals surface area contributed by atoms with Gasteiger partial charge < -0.3 is 10.5 Å². The Hall–Kier alpha value is -0.910. The van der Waals surface area contributed by atoms with Crippen molar-refractivity contribution in [3.63, 3.8) is 0 Å². The Labute approximate surface area is 119 Å². The van der Waals surface area contributed by atoms with Gasteiger partial charge in [-0.3, -0.25) is 0 Å². The van der Waals surface area contributed by atoms with Gasteiger partial charge in [0.25, 0.3) is 0 Å². The first-order chi connectivity index (χ1) is 8.65. The molecule has 1 aromatic carbocycles. The lowest BCUT2D eigenvalue weighted by Crippen LogP contribution is -2.08. The maximum atomic E-state index is 5.66. The lowest BCUT2D eigenvalue weighted by molar-refractivity contribution is 0.416. The molecule has 18 heavy (non-hydrogen) atoms. The van der Waals surface area contributed by atoms with Gasteiger partial charge in [0.1, 0.15) is 10.8 Å². The first-order valence-corrected chi connectivity index (χ1v) is 7.32. The number of benzene rings is 1. The van der Waals surface area contributed by atoms with Gasteiger partial charge in [-0.25, -0.2) is 4.98 Å². The van der Waals surface area contributed by atoms with E-state index in [2.05, 4.69) is 33.2 Å². The standard InChI is InChI=1S/C13H15BrN2OS/c1-8(6-15)11-7-18-13(16-11)10-5-9(14)3-4-12(10)17-2/h3-5,7-8H,6,15H2,1-2H3. The summed E-state index contributed by atoms with van der Waals surface area (Å²) in [6.07, 6.45) is 0. The van der Waals surface area contributed by atoms with Crippen LogP contribution in [0.15, 0.2) is 28.1 Å². The molecular formula is C13H15BrN2OS. The molecule has 2 aromatic rings. The molecule has 2 rings (SSSR count). The summed E-state index contributed by atoms with van der Waals surface area (Å²) in [5.41, 5.74) is 7.71. The number of hydrogen-bond acceptors (Lipinski definition) is 4. The highest BCUT2D eigenvalue weighted by atomic mass is 79.9. The van der Waals surface area contributed by atoms with Gasteiger partial charge in [-0.2, -0.15) is 0 Å². The summed E-state index contributed by atoms with van der Waals surface area (Å²) in [5.74, 6) is 1.12. The summed E-state index contributed by atoms with van der Waals surface area (Å²) < 4.78 is 6.39. The number of aromatic nitrogens is 1. The van der Waals surface area contributed by atoms with Crippen LogP contribution in [0, 0.1) is 0 Å². The van der Waals surface area contributed by atoms with Crippen LogP contribution in [-0.2, 0) is 0 Å². The molecule has 1 heterocycles. The van der Waals surface area contributed by atoms with Crippen molar-refractivity contribution in [3.05, 3.63) is 33.7 Å². The normalized spacial score (nSPS) is 12.4. The van der Waals surface area contributed by atoms with Crippen molar-refractivity contribution in [3.8, 4) is 16.3 Å². The lowest BCUT2D eigenvalue weighted by atomic mass is 10.1. The zero-order chi connectivity index (χ0) is 13.1. The van der Waals surface area contributed by atoms with E-state index in [1.54, 1.807) is 18.4 Å². The van der Waals surface area contributed by atoms with Crippen LogP contribution in [0.3, 0.4) is 0 Å². The number of rotatable bonds is 4. The van der Waals surface area contributed by atoms with Gasteiger partial charge >= 0.3 is 0 Å². The number of methoxy groups -OCH3 is 1. The van der Waals surface area contributed by atoms with E-state index < -0.39 is 0 Å². The van der Waals surface area contributed by atoms with Crippen LogP contribution in [0.4, 0.5) is 0 Å². The van der Waals surface area contributed by atoms with Gasteiger partial charge in [0.05, 0.1) is 18.4 Å². The van der Waals surface area contributed by atoms with E-state index in [-0.39, 0.29) is 5.92 Å². The van der Waals surface area contributed by atoms with Crippen molar-refractivity contribution in [2.24, 2.45) is 5.73 Å². The molecule has 2 N–H and O–H groups in total. The van der Waals surface area contributed by atoms with E-state index in [0.29, 0.717) is 6.54 Å². The molecule has 0 amide bonds. The molecule has 0 spiro atoms. The number of thiazole rings is 1. The molecule has 0 fully saturated rings. The fourth-order valence-electron chi connectivity index (χ4n) is 1.60. The molecule has 96 valence electrons.